The second-order valence-corrected chi connectivity index (χ2v) is 4.56. The molecule has 1 N–H and O–H groups in total. The van der Waals surface area contributed by atoms with E-state index in [9.17, 15) is 4.39 Å². The molecule has 0 spiro atoms. The van der Waals surface area contributed by atoms with E-state index >= 15 is 0 Å². The average molecular weight is 234 g/mol. The van der Waals surface area contributed by atoms with E-state index < -0.39 is 0 Å². The van der Waals surface area contributed by atoms with E-state index in [1.807, 2.05) is 6.07 Å². The quantitative estimate of drug-likeness (QED) is 0.849. The fourth-order valence-electron chi connectivity index (χ4n) is 1.87. The number of hydrogen-bond donors (Lipinski definition) is 1. The second-order valence-electron chi connectivity index (χ2n) is 4.56. The van der Waals surface area contributed by atoms with E-state index in [4.69, 9.17) is 5.26 Å². The molecule has 2 nitrogen and oxygen atoms in total. The SMILES string of the molecule is CCC(NCc1cc(C#N)ccc1F)C(C)C. The summed E-state index contributed by atoms with van der Waals surface area (Å²) in [5.74, 6) is 0.261. The van der Waals surface area contributed by atoms with Crippen LogP contribution in [-0.4, -0.2) is 6.04 Å². The van der Waals surface area contributed by atoms with Gasteiger partial charge in [0.25, 0.3) is 0 Å². The number of nitriles is 1. The second kappa shape index (κ2) is 6.36. The maximum atomic E-state index is 13.5. The molecule has 0 aliphatic rings. The van der Waals surface area contributed by atoms with Crippen molar-refractivity contribution in [2.75, 3.05) is 0 Å². The molecule has 0 amide bonds. The molecule has 0 heterocycles. The monoisotopic (exact) mass is 234 g/mol. The first-order chi connectivity index (χ1) is 8.08. The summed E-state index contributed by atoms with van der Waals surface area (Å²) in [6, 6.07) is 6.86. The predicted molar refractivity (Wildman–Crippen MR) is 66.9 cm³/mol. The average Bonchev–Trinajstić information content (AvgIpc) is 2.31. The van der Waals surface area contributed by atoms with Gasteiger partial charge in [-0.3, -0.25) is 0 Å². The first kappa shape index (κ1) is 13.7. The molecule has 0 aliphatic heterocycles. The van der Waals surface area contributed by atoms with E-state index in [1.54, 1.807) is 6.07 Å². The molecule has 0 fully saturated rings. The molecule has 1 rings (SSSR count). The Balaban J connectivity index is 2.71. The molecule has 17 heavy (non-hydrogen) atoms. The van der Waals surface area contributed by atoms with Crippen LogP contribution in [0.2, 0.25) is 0 Å². The van der Waals surface area contributed by atoms with Gasteiger partial charge in [-0.2, -0.15) is 5.26 Å². The Bertz CT molecular complexity index is 407. The van der Waals surface area contributed by atoms with Gasteiger partial charge in [0.05, 0.1) is 11.6 Å². The minimum absolute atomic E-state index is 0.255. The summed E-state index contributed by atoms with van der Waals surface area (Å²) in [6.45, 7) is 6.87. The van der Waals surface area contributed by atoms with Gasteiger partial charge >= 0.3 is 0 Å². The lowest BCUT2D eigenvalue weighted by molar-refractivity contribution is 0.384. The van der Waals surface area contributed by atoms with Gasteiger partial charge in [0.1, 0.15) is 5.82 Å². The molecular weight excluding hydrogens is 215 g/mol. The minimum Gasteiger partial charge on any atom is -0.310 e. The Morgan fingerprint density at radius 3 is 2.65 bits per heavy atom. The highest BCUT2D eigenvalue weighted by Crippen LogP contribution is 2.12. The van der Waals surface area contributed by atoms with Crippen molar-refractivity contribution in [2.45, 2.75) is 39.8 Å². The zero-order valence-corrected chi connectivity index (χ0v) is 10.6. The van der Waals surface area contributed by atoms with Gasteiger partial charge in [0.15, 0.2) is 0 Å². The van der Waals surface area contributed by atoms with Gasteiger partial charge < -0.3 is 5.32 Å². The van der Waals surface area contributed by atoms with E-state index in [0.29, 0.717) is 29.6 Å². The van der Waals surface area contributed by atoms with E-state index in [0.717, 1.165) is 6.42 Å². The van der Waals surface area contributed by atoms with Crippen molar-refractivity contribution >= 4 is 0 Å². The zero-order chi connectivity index (χ0) is 12.8. The molecule has 0 bridgehead atoms. The maximum absolute atomic E-state index is 13.5. The van der Waals surface area contributed by atoms with Crippen LogP contribution >= 0.6 is 0 Å². The minimum atomic E-state index is -0.255. The summed E-state index contributed by atoms with van der Waals surface area (Å²) in [5.41, 5.74) is 1.06. The Morgan fingerprint density at radius 1 is 1.41 bits per heavy atom. The van der Waals surface area contributed by atoms with Gasteiger partial charge in [0.2, 0.25) is 0 Å². The summed E-state index contributed by atoms with van der Waals surface area (Å²) < 4.78 is 13.5. The molecule has 0 radical (unpaired) electrons. The third-order valence-electron chi connectivity index (χ3n) is 2.97. The first-order valence-corrected chi connectivity index (χ1v) is 6.00. The number of nitrogens with zero attached hydrogens (tertiary/aromatic N) is 1. The summed E-state index contributed by atoms with van der Waals surface area (Å²) in [4.78, 5) is 0. The molecule has 1 unspecified atom stereocenters. The van der Waals surface area contributed by atoms with Crippen LogP contribution < -0.4 is 5.32 Å². The van der Waals surface area contributed by atoms with Crippen molar-refractivity contribution < 1.29 is 4.39 Å². The lowest BCUT2D eigenvalue weighted by Crippen LogP contribution is -2.32. The molecule has 0 aromatic heterocycles. The third-order valence-corrected chi connectivity index (χ3v) is 2.97. The molecule has 1 aromatic rings. The van der Waals surface area contributed by atoms with Crippen LogP contribution in [0.1, 0.15) is 38.3 Å². The standard InChI is InChI=1S/C14H19FN2/c1-4-14(10(2)3)17-9-12-7-11(8-16)5-6-13(12)15/h5-7,10,14,17H,4,9H2,1-3H3. The van der Waals surface area contributed by atoms with Crippen molar-refractivity contribution in [3.05, 3.63) is 35.1 Å². The highest BCUT2D eigenvalue weighted by atomic mass is 19.1. The number of benzene rings is 1. The van der Waals surface area contributed by atoms with Crippen molar-refractivity contribution in [3.8, 4) is 6.07 Å². The van der Waals surface area contributed by atoms with Crippen LogP contribution in [0, 0.1) is 23.1 Å². The highest BCUT2D eigenvalue weighted by molar-refractivity contribution is 5.33. The van der Waals surface area contributed by atoms with Crippen molar-refractivity contribution in [3.63, 3.8) is 0 Å². The van der Waals surface area contributed by atoms with Crippen LogP contribution in [-0.2, 0) is 6.54 Å². The van der Waals surface area contributed by atoms with E-state index in [-0.39, 0.29) is 5.82 Å². The molecule has 3 heteroatoms. The van der Waals surface area contributed by atoms with Gasteiger partial charge in [-0.25, -0.2) is 4.39 Å². The first-order valence-electron chi connectivity index (χ1n) is 6.00. The topological polar surface area (TPSA) is 35.8 Å². The Hall–Kier alpha value is -1.40. The molecule has 0 saturated heterocycles. The van der Waals surface area contributed by atoms with Crippen LogP contribution in [0.25, 0.3) is 0 Å². The lowest BCUT2D eigenvalue weighted by atomic mass is 10.0. The fraction of sp³-hybridized carbons (Fsp3) is 0.500. The summed E-state index contributed by atoms with van der Waals surface area (Å²) in [5, 5.41) is 12.1. The van der Waals surface area contributed by atoms with Crippen molar-refractivity contribution in [2.24, 2.45) is 5.92 Å². The molecule has 1 atom stereocenters. The Morgan fingerprint density at radius 2 is 2.12 bits per heavy atom. The highest BCUT2D eigenvalue weighted by Gasteiger charge is 2.11. The molecule has 0 aliphatic carbocycles. The summed E-state index contributed by atoms with van der Waals surface area (Å²) >= 11 is 0. The summed E-state index contributed by atoms with van der Waals surface area (Å²) in [7, 11) is 0. The predicted octanol–water partition coefficient (Wildman–Crippen LogP) is 3.22. The van der Waals surface area contributed by atoms with Gasteiger partial charge in [-0.15, -0.1) is 0 Å². The van der Waals surface area contributed by atoms with Crippen LogP contribution in [0.5, 0.6) is 0 Å². The maximum Gasteiger partial charge on any atom is 0.127 e. The van der Waals surface area contributed by atoms with Gasteiger partial charge in [-0.05, 0) is 30.5 Å². The molecule has 0 saturated carbocycles. The number of nitrogens with one attached hydrogen (secondary N) is 1. The molecular formula is C14H19FN2. The van der Waals surface area contributed by atoms with E-state index in [1.165, 1.54) is 12.1 Å². The Labute approximate surface area is 102 Å². The molecule has 92 valence electrons. The van der Waals surface area contributed by atoms with Gasteiger partial charge in [-0.1, -0.05) is 20.8 Å². The normalized spacial score (nSPS) is 12.5. The number of halogens is 1. The fourth-order valence-corrected chi connectivity index (χ4v) is 1.87. The van der Waals surface area contributed by atoms with E-state index in [2.05, 4.69) is 26.1 Å². The largest absolute Gasteiger partial charge is 0.310 e. The summed E-state index contributed by atoms with van der Waals surface area (Å²) in [6.07, 6.45) is 1.01. The van der Waals surface area contributed by atoms with Crippen molar-refractivity contribution in [1.29, 1.82) is 5.26 Å². The molecule has 1 aromatic carbocycles. The van der Waals surface area contributed by atoms with Crippen molar-refractivity contribution in [1.82, 2.24) is 5.32 Å². The zero-order valence-electron chi connectivity index (χ0n) is 10.6. The smallest absolute Gasteiger partial charge is 0.127 e. The van der Waals surface area contributed by atoms with Gasteiger partial charge in [0, 0.05) is 18.2 Å². The number of hydrogen-bond acceptors (Lipinski definition) is 2. The van der Waals surface area contributed by atoms with Crippen LogP contribution in [0.4, 0.5) is 4.39 Å². The van der Waals surface area contributed by atoms with Crippen LogP contribution in [0.3, 0.4) is 0 Å². The van der Waals surface area contributed by atoms with Crippen LogP contribution in [0.15, 0.2) is 18.2 Å². The number of rotatable bonds is 5. The lowest BCUT2D eigenvalue weighted by Gasteiger charge is -2.20. The Kier molecular flexibility index (Phi) is 5.11. The third kappa shape index (κ3) is 3.83.